The summed E-state index contributed by atoms with van der Waals surface area (Å²) in [6, 6.07) is 12.9. The van der Waals surface area contributed by atoms with Crippen molar-refractivity contribution in [3.8, 4) is 5.75 Å². The smallest absolute Gasteiger partial charge is 0.321 e. The Labute approximate surface area is 154 Å². The lowest BCUT2D eigenvalue weighted by atomic mass is 10.1. The lowest BCUT2D eigenvalue weighted by molar-refractivity contribution is 0.207. The van der Waals surface area contributed by atoms with Crippen molar-refractivity contribution in [2.75, 3.05) is 44.5 Å². The number of nitrogens with one attached hydrogen (secondary N) is 1. The van der Waals surface area contributed by atoms with Gasteiger partial charge in [-0.1, -0.05) is 11.6 Å². The number of anilines is 2. The Bertz CT molecular complexity index is 717. The fraction of sp³-hybridized carbons (Fsp3) is 0.316. The van der Waals surface area contributed by atoms with E-state index in [2.05, 4.69) is 5.32 Å². The molecule has 6 heteroatoms. The number of nitrogens with zero attached hydrogens (tertiary/aromatic N) is 2. The van der Waals surface area contributed by atoms with E-state index in [1.165, 1.54) is 0 Å². The lowest BCUT2D eigenvalue weighted by Gasteiger charge is -2.20. The Balaban J connectivity index is 1.84. The summed E-state index contributed by atoms with van der Waals surface area (Å²) in [5.74, 6) is 0.730. The summed E-state index contributed by atoms with van der Waals surface area (Å²) in [7, 11) is 5.72. The number of halogens is 1. The van der Waals surface area contributed by atoms with Gasteiger partial charge >= 0.3 is 6.03 Å². The van der Waals surface area contributed by atoms with Crippen LogP contribution in [0.25, 0.3) is 0 Å². The topological polar surface area (TPSA) is 44.8 Å². The molecule has 0 aromatic heterocycles. The molecule has 0 bridgehead atoms. The summed E-state index contributed by atoms with van der Waals surface area (Å²) in [4.78, 5) is 15.9. The standard InChI is InChI=1S/C19H24ClN3O2/c1-14-13-16(22(2)3)7-10-18(14)21-19(24)23(4)11-12-25-17-8-5-15(20)6-9-17/h5-10,13H,11-12H2,1-4H3,(H,21,24). The van der Waals surface area contributed by atoms with Gasteiger partial charge in [-0.2, -0.15) is 0 Å². The van der Waals surface area contributed by atoms with E-state index in [4.69, 9.17) is 16.3 Å². The largest absolute Gasteiger partial charge is 0.492 e. The molecule has 0 spiro atoms. The normalized spacial score (nSPS) is 10.3. The van der Waals surface area contributed by atoms with Gasteiger partial charge in [0.05, 0.1) is 6.54 Å². The fourth-order valence-corrected chi connectivity index (χ4v) is 2.34. The predicted octanol–water partition coefficient (Wildman–Crippen LogP) is 4.26. The van der Waals surface area contributed by atoms with Gasteiger partial charge in [0.2, 0.25) is 0 Å². The SMILES string of the molecule is Cc1cc(N(C)C)ccc1NC(=O)N(C)CCOc1ccc(Cl)cc1. The Morgan fingerprint density at radius 2 is 1.80 bits per heavy atom. The molecule has 2 rings (SSSR count). The molecule has 2 aromatic rings. The Morgan fingerprint density at radius 1 is 1.12 bits per heavy atom. The van der Waals surface area contributed by atoms with Gasteiger partial charge < -0.3 is 19.9 Å². The molecule has 0 fully saturated rings. The first kappa shape index (κ1) is 18.9. The van der Waals surface area contributed by atoms with Crippen LogP contribution >= 0.6 is 11.6 Å². The molecule has 134 valence electrons. The Morgan fingerprint density at radius 3 is 2.40 bits per heavy atom. The van der Waals surface area contributed by atoms with Crippen LogP contribution < -0.4 is 15.0 Å². The number of carbonyl (C=O) groups excluding carboxylic acids is 1. The fourth-order valence-electron chi connectivity index (χ4n) is 2.21. The third-order valence-electron chi connectivity index (χ3n) is 3.82. The number of rotatable bonds is 6. The van der Waals surface area contributed by atoms with Crippen molar-refractivity contribution in [1.82, 2.24) is 4.90 Å². The molecular weight excluding hydrogens is 338 g/mol. The summed E-state index contributed by atoms with van der Waals surface area (Å²) in [5.41, 5.74) is 2.92. The van der Waals surface area contributed by atoms with Gasteiger partial charge in [-0.05, 0) is 55.0 Å². The van der Waals surface area contributed by atoms with E-state index >= 15 is 0 Å². The van der Waals surface area contributed by atoms with Crippen LogP contribution in [-0.2, 0) is 0 Å². The maximum atomic E-state index is 12.3. The minimum absolute atomic E-state index is 0.166. The molecule has 0 atom stereocenters. The molecule has 0 aliphatic rings. The zero-order chi connectivity index (χ0) is 18.4. The highest BCUT2D eigenvalue weighted by molar-refractivity contribution is 6.30. The molecule has 0 aliphatic carbocycles. The summed E-state index contributed by atoms with van der Waals surface area (Å²) in [6.07, 6.45) is 0. The molecular formula is C19H24ClN3O2. The van der Waals surface area contributed by atoms with E-state index in [0.717, 1.165) is 22.7 Å². The highest BCUT2D eigenvalue weighted by atomic mass is 35.5. The maximum Gasteiger partial charge on any atom is 0.321 e. The second kappa shape index (κ2) is 8.62. The average Bonchev–Trinajstić information content (AvgIpc) is 2.58. The summed E-state index contributed by atoms with van der Waals surface area (Å²) in [6.45, 7) is 2.86. The van der Waals surface area contributed by atoms with Crippen molar-refractivity contribution < 1.29 is 9.53 Å². The van der Waals surface area contributed by atoms with Gasteiger partial charge in [0.25, 0.3) is 0 Å². The third-order valence-corrected chi connectivity index (χ3v) is 4.08. The van der Waals surface area contributed by atoms with Gasteiger partial charge in [0.1, 0.15) is 12.4 Å². The maximum absolute atomic E-state index is 12.3. The third kappa shape index (κ3) is 5.57. The summed E-state index contributed by atoms with van der Waals surface area (Å²) in [5, 5.41) is 3.59. The van der Waals surface area contributed by atoms with Crippen molar-refractivity contribution in [2.24, 2.45) is 0 Å². The van der Waals surface area contributed by atoms with Crippen molar-refractivity contribution in [2.45, 2.75) is 6.92 Å². The molecule has 0 aliphatic heterocycles. The van der Waals surface area contributed by atoms with E-state index in [0.29, 0.717) is 18.2 Å². The number of likely N-dealkylation sites (N-methyl/N-ethyl adjacent to an activating group) is 1. The minimum Gasteiger partial charge on any atom is -0.492 e. The molecule has 5 nitrogen and oxygen atoms in total. The second-order valence-electron chi connectivity index (χ2n) is 6.05. The van der Waals surface area contributed by atoms with Crippen LogP contribution in [0.15, 0.2) is 42.5 Å². The first-order chi connectivity index (χ1) is 11.9. The van der Waals surface area contributed by atoms with Crippen LogP contribution in [0.1, 0.15) is 5.56 Å². The van der Waals surface area contributed by atoms with Crippen LogP contribution in [0.4, 0.5) is 16.2 Å². The quantitative estimate of drug-likeness (QED) is 0.836. The highest BCUT2D eigenvalue weighted by Gasteiger charge is 2.11. The van der Waals surface area contributed by atoms with Crippen LogP contribution in [0, 0.1) is 6.92 Å². The molecule has 2 aromatic carbocycles. The average molecular weight is 362 g/mol. The first-order valence-corrected chi connectivity index (χ1v) is 8.43. The van der Waals surface area contributed by atoms with Gasteiger partial charge in [-0.25, -0.2) is 4.79 Å². The van der Waals surface area contributed by atoms with Crippen molar-refractivity contribution in [1.29, 1.82) is 0 Å². The Hall–Kier alpha value is -2.40. The number of benzene rings is 2. The molecule has 0 radical (unpaired) electrons. The number of ether oxygens (including phenoxy) is 1. The molecule has 1 N–H and O–H groups in total. The Kier molecular flexibility index (Phi) is 6.53. The predicted molar refractivity (Wildman–Crippen MR) is 104 cm³/mol. The van der Waals surface area contributed by atoms with E-state index < -0.39 is 0 Å². The molecule has 0 saturated carbocycles. The lowest BCUT2D eigenvalue weighted by Crippen LogP contribution is -2.34. The van der Waals surface area contributed by atoms with Crippen molar-refractivity contribution >= 4 is 29.0 Å². The number of hydrogen-bond acceptors (Lipinski definition) is 3. The molecule has 2 amide bonds. The highest BCUT2D eigenvalue weighted by Crippen LogP contribution is 2.21. The van der Waals surface area contributed by atoms with Gasteiger partial charge in [0, 0.05) is 37.5 Å². The zero-order valence-corrected chi connectivity index (χ0v) is 15.8. The van der Waals surface area contributed by atoms with Crippen LogP contribution in [-0.4, -0.2) is 45.2 Å². The van der Waals surface area contributed by atoms with Gasteiger partial charge in [-0.3, -0.25) is 0 Å². The summed E-state index contributed by atoms with van der Waals surface area (Å²) < 4.78 is 5.61. The number of carbonyl (C=O) groups is 1. The molecule has 25 heavy (non-hydrogen) atoms. The van der Waals surface area contributed by atoms with E-state index in [-0.39, 0.29) is 6.03 Å². The minimum atomic E-state index is -0.166. The van der Waals surface area contributed by atoms with Crippen LogP contribution in [0.5, 0.6) is 5.75 Å². The second-order valence-corrected chi connectivity index (χ2v) is 6.48. The number of urea groups is 1. The number of aryl methyl sites for hydroxylation is 1. The van der Waals surface area contributed by atoms with Crippen molar-refractivity contribution in [3.63, 3.8) is 0 Å². The zero-order valence-electron chi connectivity index (χ0n) is 15.0. The molecule has 0 unspecified atom stereocenters. The van der Waals surface area contributed by atoms with E-state index in [1.54, 1.807) is 36.2 Å². The molecule has 0 heterocycles. The van der Waals surface area contributed by atoms with Gasteiger partial charge in [0.15, 0.2) is 0 Å². The molecule has 0 saturated heterocycles. The number of amides is 2. The van der Waals surface area contributed by atoms with Crippen molar-refractivity contribution in [3.05, 3.63) is 53.1 Å². The van der Waals surface area contributed by atoms with Crippen LogP contribution in [0.3, 0.4) is 0 Å². The van der Waals surface area contributed by atoms with E-state index in [9.17, 15) is 4.79 Å². The van der Waals surface area contributed by atoms with E-state index in [1.807, 2.05) is 44.1 Å². The monoisotopic (exact) mass is 361 g/mol. The van der Waals surface area contributed by atoms with Gasteiger partial charge in [-0.15, -0.1) is 0 Å². The summed E-state index contributed by atoms with van der Waals surface area (Å²) >= 11 is 5.84. The number of hydrogen-bond donors (Lipinski definition) is 1. The first-order valence-electron chi connectivity index (χ1n) is 8.05. The van der Waals surface area contributed by atoms with Crippen LogP contribution in [0.2, 0.25) is 5.02 Å².